The molecular weight excluding hydrogens is 356 g/mol. The zero-order valence-corrected chi connectivity index (χ0v) is 16.2. The maximum atomic E-state index is 12.9. The van der Waals surface area contributed by atoms with Gasteiger partial charge in [-0.2, -0.15) is 0 Å². The number of carbonyl (C=O) groups is 1. The Balaban J connectivity index is 1.52. The lowest BCUT2D eigenvalue weighted by atomic mass is 9.98. The number of nitrogens with zero attached hydrogens (tertiary/aromatic N) is 4. The molecule has 1 amide bonds. The highest BCUT2D eigenvalue weighted by atomic mass is 16.5. The lowest BCUT2D eigenvalue weighted by Gasteiger charge is -2.30. The standard InChI is InChI=1S/C21H24N4O3/c1-3-27-19-11-15-9-10-24(13-16(15)12-20(19)28-4-2)21(26)14-25-18-8-6-5-7-17(18)22-23-25/h5-8,11-12H,3-4,9-10,13-14H2,1-2H3. The Bertz CT molecular complexity index is 998. The fourth-order valence-corrected chi connectivity index (χ4v) is 3.58. The van der Waals surface area contributed by atoms with Gasteiger partial charge in [-0.25, -0.2) is 4.68 Å². The zero-order chi connectivity index (χ0) is 19.5. The van der Waals surface area contributed by atoms with Crippen molar-refractivity contribution in [2.75, 3.05) is 19.8 Å². The summed E-state index contributed by atoms with van der Waals surface area (Å²) < 4.78 is 13.1. The van der Waals surface area contributed by atoms with Crippen molar-refractivity contribution in [2.45, 2.75) is 33.4 Å². The average molecular weight is 380 g/mol. The Morgan fingerprint density at radius 2 is 1.79 bits per heavy atom. The molecule has 1 aromatic heterocycles. The van der Waals surface area contributed by atoms with Crippen molar-refractivity contribution in [2.24, 2.45) is 0 Å². The van der Waals surface area contributed by atoms with E-state index in [-0.39, 0.29) is 12.5 Å². The van der Waals surface area contributed by atoms with Crippen molar-refractivity contribution in [3.05, 3.63) is 47.5 Å². The van der Waals surface area contributed by atoms with E-state index >= 15 is 0 Å². The quantitative estimate of drug-likeness (QED) is 0.658. The van der Waals surface area contributed by atoms with Crippen LogP contribution in [-0.4, -0.2) is 45.6 Å². The van der Waals surface area contributed by atoms with Gasteiger partial charge in [-0.05, 0) is 55.7 Å². The molecule has 7 nitrogen and oxygen atoms in total. The fourth-order valence-electron chi connectivity index (χ4n) is 3.58. The molecule has 7 heteroatoms. The summed E-state index contributed by atoms with van der Waals surface area (Å²) >= 11 is 0. The summed E-state index contributed by atoms with van der Waals surface area (Å²) in [6.45, 7) is 6.50. The number of fused-ring (bicyclic) bond motifs is 2. The molecule has 0 saturated heterocycles. The van der Waals surface area contributed by atoms with Gasteiger partial charge < -0.3 is 14.4 Å². The van der Waals surface area contributed by atoms with E-state index in [1.807, 2.05) is 49.1 Å². The third-order valence-corrected chi connectivity index (χ3v) is 4.94. The minimum Gasteiger partial charge on any atom is -0.490 e. The molecule has 0 fully saturated rings. The van der Waals surface area contributed by atoms with Crippen LogP contribution in [-0.2, 0) is 24.3 Å². The van der Waals surface area contributed by atoms with Crippen LogP contribution in [0.5, 0.6) is 11.5 Å². The van der Waals surface area contributed by atoms with Gasteiger partial charge in [0.15, 0.2) is 11.5 Å². The van der Waals surface area contributed by atoms with E-state index < -0.39 is 0 Å². The Kier molecular flexibility index (Phi) is 5.14. The summed E-state index contributed by atoms with van der Waals surface area (Å²) in [5.41, 5.74) is 3.98. The normalized spacial score (nSPS) is 13.4. The fraction of sp³-hybridized carbons (Fsp3) is 0.381. The summed E-state index contributed by atoms with van der Waals surface area (Å²) in [5, 5.41) is 8.25. The molecule has 2 heterocycles. The van der Waals surface area contributed by atoms with E-state index in [0.717, 1.165) is 34.5 Å². The summed E-state index contributed by atoms with van der Waals surface area (Å²) in [4.78, 5) is 14.8. The maximum Gasteiger partial charge on any atom is 0.244 e. The van der Waals surface area contributed by atoms with Crippen molar-refractivity contribution in [1.29, 1.82) is 0 Å². The molecule has 0 spiro atoms. The minimum absolute atomic E-state index is 0.0353. The number of hydrogen-bond acceptors (Lipinski definition) is 5. The van der Waals surface area contributed by atoms with E-state index in [2.05, 4.69) is 16.4 Å². The van der Waals surface area contributed by atoms with Crippen LogP contribution >= 0.6 is 0 Å². The summed E-state index contributed by atoms with van der Waals surface area (Å²) in [7, 11) is 0. The van der Waals surface area contributed by atoms with Crippen LogP contribution in [0.1, 0.15) is 25.0 Å². The Morgan fingerprint density at radius 3 is 2.54 bits per heavy atom. The minimum atomic E-state index is 0.0353. The van der Waals surface area contributed by atoms with Gasteiger partial charge in [-0.1, -0.05) is 17.3 Å². The van der Waals surface area contributed by atoms with Gasteiger partial charge in [-0.3, -0.25) is 4.79 Å². The van der Waals surface area contributed by atoms with Crippen LogP contribution in [0.2, 0.25) is 0 Å². The number of aromatic nitrogens is 3. The highest BCUT2D eigenvalue weighted by molar-refractivity contribution is 5.80. The monoisotopic (exact) mass is 380 g/mol. The first-order valence-corrected chi connectivity index (χ1v) is 9.67. The average Bonchev–Trinajstić information content (AvgIpc) is 3.11. The lowest BCUT2D eigenvalue weighted by Crippen LogP contribution is -2.38. The first-order chi connectivity index (χ1) is 13.7. The first-order valence-electron chi connectivity index (χ1n) is 9.67. The van der Waals surface area contributed by atoms with Crippen LogP contribution in [0.25, 0.3) is 11.0 Å². The van der Waals surface area contributed by atoms with Crippen LogP contribution in [0.4, 0.5) is 0 Å². The molecule has 0 radical (unpaired) electrons. The highest BCUT2D eigenvalue weighted by Crippen LogP contribution is 2.34. The number of ether oxygens (including phenoxy) is 2. The predicted molar refractivity (Wildman–Crippen MR) is 105 cm³/mol. The van der Waals surface area contributed by atoms with E-state index in [1.165, 1.54) is 5.56 Å². The van der Waals surface area contributed by atoms with E-state index in [9.17, 15) is 4.79 Å². The number of rotatable bonds is 6. The SMILES string of the molecule is CCOc1cc2c(cc1OCC)CN(C(=O)Cn1nnc3ccccc31)CC2. The van der Waals surface area contributed by atoms with Crippen LogP contribution < -0.4 is 9.47 Å². The smallest absolute Gasteiger partial charge is 0.244 e. The van der Waals surface area contributed by atoms with Gasteiger partial charge >= 0.3 is 0 Å². The Hall–Kier alpha value is -3.09. The van der Waals surface area contributed by atoms with Crippen LogP contribution in [0.3, 0.4) is 0 Å². The number of hydrogen-bond donors (Lipinski definition) is 0. The van der Waals surface area contributed by atoms with Gasteiger partial charge in [0, 0.05) is 13.1 Å². The maximum absolute atomic E-state index is 12.9. The number of benzene rings is 2. The third-order valence-electron chi connectivity index (χ3n) is 4.94. The van der Waals surface area contributed by atoms with Crippen LogP contribution in [0, 0.1) is 0 Å². The topological polar surface area (TPSA) is 69.5 Å². The molecule has 28 heavy (non-hydrogen) atoms. The second-order valence-electron chi connectivity index (χ2n) is 6.73. The molecule has 3 aromatic rings. The van der Waals surface area contributed by atoms with Crippen molar-refractivity contribution < 1.29 is 14.3 Å². The summed E-state index contributed by atoms with van der Waals surface area (Å²) in [6, 6.07) is 11.7. The molecule has 0 N–H and O–H groups in total. The van der Waals surface area contributed by atoms with Crippen molar-refractivity contribution in [3.8, 4) is 11.5 Å². The second-order valence-corrected chi connectivity index (χ2v) is 6.73. The Labute approximate surface area is 163 Å². The summed E-state index contributed by atoms with van der Waals surface area (Å²) in [6.07, 6.45) is 0.797. The molecule has 1 aliphatic rings. The summed E-state index contributed by atoms with van der Waals surface area (Å²) in [5.74, 6) is 1.55. The van der Waals surface area contributed by atoms with Crippen molar-refractivity contribution in [3.63, 3.8) is 0 Å². The number of carbonyl (C=O) groups excluding carboxylic acids is 1. The molecule has 1 aliphatic heterocycles. The van der Waals surface area contributed by atoms with Gasteiger partial charge in [0.25, 0.3) is 0 Å². The van der Waals surface area contributed by atoms with Gasteiger partial charge in [-0.15, -0.1) is 5.10 Å². The zero-order valence-electron chi connectivity index (χ0n) is 16.2. The molecule has 0 saturated carbocycles. The molecule has 0 bridgehead atoms. The predicted octanol–water partition coefficient (Wildman–Crippen LogP) is 2.81. The second kappa shape index (κ2) is 7.88. The Morgan fingerprint density at radius 1 is 1.07 bits per heavy atom. The highest BCUT2D eigenvalue weighted by Gasteiger charge is 2.24. The van der Waals surface area contributed by atoms with Gasteiger partial charge in [0.2, 0.25) is 5.91 Å². The molecule has 0 unspecified atom stereocenters. The molecule has 0 atom stereocenters. The molecule has 0 aliphatic carbocycles. The molecule has 146 valence electrons. The van der Waals surface area contributed by atoms with Crippen LogP contribution in [0.15, 0.2) is 36.4 Å². The van der Waals surface area contributed by atoms with E-state index in [0.29, 0.717) is 26.3 Å². The van der Waals surface area contributed by atoms with Gasteiger partial charge in [0.05, 0.1) is 18.7 Å². The largest absolute Gasteiger partial charge is 0.490 e. The number of para-hydroxylation sites is 1. The van der Waals surface area contributed by atoms with E-state index in [1.54, 1.807) is 4.68 Å². The molecule has 4 rings (SSSR count). The first kappa shape index (κ1) is 18.3. The molecular formula is C21H24N4O3. The van der Waals surface area contributed by atoms with Crippen molar-refractivity contribution in [1.82, 2.24) is 19.9 Å². The number of amides is 1. The molecule has 2 aromatic carbocycles. The van der Waals surface area contributed by atoms with Gasteiger partial charge in [0.1, 0.15) is 12.1 Å². The van der Waals surface area contributed by atoms with Crippen molar-refractivity contribution >= 4 is 16.9 Å². The lowest BCUT2D eigenvalue weighted by molar-refractivity contribution is -0.132. The third kappa shape index (κ3) is 3.52. The van der Waals surface area contributed by atoms with E-state index in [4.69, 9.17) is 9.47 Å².